The highest BCUT2D eigenvalue weighted by Crippen LogP contribution is 2.38. The van der Waals surface area contributed by atoms with Gasteiger partial charge in [0.05, 0.1) is 0 Å². The summed E-state index contributed by atoms with van der Waals surface area (Å²) >= 11 is 12.7. The molecule has 1 amide bonds. The fourth-order valence-corrected chi connectivity index (χ4v) is 4.16. The molecule has 0 bridgehead atoms. The first-order valence-corrected chi connectivity index (χ1v) is 9.84. The average Bonchev–Trinajstić information content (AvgIpc) is 2.69. The van der Waals surface area contributed by atoms with Gasteiger partial charge < -0.3 is 4.74 Å². The van der Waals surface area contributed by atoms with E-state index in [0.29, 0.717) is 23.0 Å². The number of ether oxygens (including phenoxy) is 1. The Balaban J connectivity index is 1.62. The van der Waals surface area contributed by atoms with Gasteiger partial charge in [-0.2, -0.15) is 0 Å². The number of nitrogens with zero attached hydrogens (tertiary/aromatic N) is 1. The van der Waals surface area contributed by atoms with Crippen LogP contribution in [0.25, 0.3) is 11.1 Å². The predicted octanol–water partition coefficient (Wildman–Crippen LogP) is 6.92. The van der Waals surface area contributed by atoms with Crippen molar-refractivity contribution in [3.63, 3.8) is 0 Å². The van der Waals surface area contributed by atoms with Gasteiger partial charge in [0, 0.05) is 34.3 Å². The number of carbonyl (C=O) groups is 1. The average molecular weight is 412 g/mol. The maximum Gasteiger partial charge on any atom is 0.415 e. The van der Waals surface area contributed by atoms with Crippen LogP contribution in [0, 0.1) is 0 Å². The lowest BCUT2D eigenvalue weighted by Gasteiger charge is -2.39. The Hall–Kier alpha value is -2.49. The summed E-state index contributed by atoms with van der Waals surface area (Å²) in [5, 5.41) is 1.14. The van der Waals surface area contributed by atoms with Crippen molar-refractivity contribution in [3.05, 3.63) is 88.4 Å². The molecule has 0 radical (unpaired) electrons. The standard InChI is InChI=1S/C23H19Cl2NO2/c1-23(17-8-3-2-4-9-17)13-14-26(22(27)28-23)18-10-5-7-16(15-18)21-19(24)11-6-12-20(21)25/h2-12,15H,13-14H2,1H3. The molecule has 0 aliphatic carbocycles. The Bertz CT molecular complexity index is 1000. The molecular weight excluding hydrogens is 393 g/mol. The third-order valence-corrected chi connectivity index (χ3v) is 5.77. The molecule has 1 heterocycles. The van der Waals surface area contributed by atoms with E-state index in [9.17, 15) is 4.79 Å². The van der Waals surface area contributed by atoms with Gasteiger partial charge in [-0.25, -0.2) is 4.79 Å². The second-order valence-electron chi connectivity index (χ2n) is 7.01. The van der Waals surface area contributed by atoms with Crippen LogP contribution in [0.15, 0.2) is 72.8 Å². The summed E-state index contributed by atoms with van der Waals surface area (Å²) in [6.07, 6.45) is 0.333. The van der Waals surface area contributed by atoms with Crippen LogP contribution in [0.3, 0.4) is 0 Å². The van der Waals surface area contributed by atoms with Crippen molar-refractivity contribution in [2.75, 3.05) is 11.4 Å². The Morgan fingerprint density at radius 1 is 0.929 bits per heavy atom. The van der Waals surface area contributed by atoms with Crippen LogP contribution >= 0.6 is 23.2 Å². The van der Waals surface area contributed by atoms with Crippen LogP contribution in [0.1, 0.15) is 18.9 Å². The first-order valence-electron chi connectivity index (χ1n) is 9.08. The fourth-order valence-electron chi connectivity index (χ4n) is 3.55. The number of halogens is 2. The van der Waals surface area contributed by atoms with Crippen molar-refractivity contribution in [2.24, 2.45) is 0 Å². The monoisotopic (exact) mass is 411 g/mol. The van der Waals surface area contributed by atoms with Gasteiger partial charge in [0.25, 0.3) is 0 Å². The Kier molecular flexibility index (Phi) is 5.05. The van der Waals surface area contributed by atoms with Crippen molar-refractivity contribution >= 4 is 35.0 Å². The topological polar surface area (TPSA) is 29.5 Å². The minimum Gasteiger partial charge on any atom is -0.438 e. The minimum atomic E-state index is -0.626. The minimum absolute atomic E-state index is 0.361. The molecule has 1 unspecified atom stereocenters. The highest BCUT2D eigenvalue weighted by atomic mass is 35.5. The zero-order valence-corrected chi connectivity index (χ0v) is 16.9. The second kappa shape index (κ2) is 7.50. The molecule has 1 aliphatic heterocycles. The normalized spacial score (nSPS) is 19.4. The summed E-state index contributed by atoms with van der Waals surface area (Å²) in [5.41, 5.74) is 2.75. The van der Waals surface area contributed by atoms with Gasteiger partial charge in [-0.15, -0.1) is 0 Å². The van der Waals surface area contributed by atoms with E-state index in [1.165, 1.54) is 0 Å². The molecule has 1 fully saturated rings. The number of carbonyl (C=O) groups excluding carboxylic acids is 1. The van der Waals surface area contributed by atoms with Crippen molar-refractivity contribution in [1.82, 2.24) is 0 Å². The zero-order valence-electron chi connectivity index (χ0n) is 15.4. The molecule has 0 N–H and O–H groups in total. The molecule has 0 saturated carbocycles. The number of amides is 1. The first kappa shape index (κ1) is 18.9. The van der Waals surface area contributed by atoms with Gasteiger partial charge in [-0.05, 0) is 42.3 Å². The number of cyclic esters (lactones) is 1. The first-order chi connectivity index (χ1) is 13.5. The molecule has 3 nitrogen and oxygen atoms in total. The largest absolute Gasteiger partial charge is 0.438 e. The predicted molar refractivity (Wildman–Crippen MR) is 114 cm³/mol. The summed E-state index contributed by atoms with van der Waals surface area (Å²) in [6, 6.07) is 22.9. The summed E-state index contributed by atoms with van der Waals surface area (Å²) in [4.78, 5) is 14.5. The molecule has 3 aromatic rings. The van der Waals surface area contributed by atoms with Gasteiger partial charge in [0.15, 0.2) is 0 Å². The smallest absolute Gasteiger partial charge is 0.415 e. The lowest BCUT2D eigenvalue weighted by atomic mass is 9.91. The molecule has 1 aliphatic rings. The van der Waals surface area contributed by atoms with Gasteiger partial charge in [0.1, 0.15) is 5.60 Å². The molecule has 4 rings (SSSR count). The molecular formula is C23H19Cl2NO2. The van der Waals surface area contributed by atoms with Crippen LogP contribution < -0.4 is 4.90 Å². The maximum atomic E-state index is 12.8. The summed E-state index contributed by atoms with van der Waals surface area (Å²) in [5.74, 6) is 0. The number of anilines is 1. The van der Waals surface area contributed by atoms with Crippen LogP contribution in [-0.4, -0.2) is 12.6 Å². The van der Waals surface area contributed by atoms with E-state index in [4.69, 9.17) is 27.9 Å². The summed E-state index contributed by atoms with van der Waals surface area (Å²) in [7, 11) is 0. The quantitative estimate of drug-likeness (QED) is 0.467. The Morgan fingerprint density at radius 3 is 2.29 bits per heavy atom. The Labute approximate surface area is 174 Å². The molecule has 28 heavy (non-hydrogen) atoms. The lowest BCUT2D eigenvalue weighted by Crippen LogP contribution is -2.46. The second-order valence-corrected chi connectivity index (χ2v) is 7.83. The SMILES string of the molecule is CC1(c2ccccc2)CCN(c2cccc(-c3c(Cl)cccc3Cl)c2)C(=O)O1. The molecule has 1 saturated heterocycles. The number of rotatable bonds is 3. The third kappa shape index (κ3) is 3.48. The van der Waals surface area contributed by atoms with Gasteiger partial charge in [-0.1, -0.05) is 71.7 Å². The van der Waals surface area contributed by atoms with Crippen LogP contribution in [-0.2, 0) is 10.3 Å². The molecule has 0 aromatic heterocycles. The number of hydrogen-bond donors (Lipinski definition) is 0. The van der Waals surface area contributed by atoms with Crippen LogP contribution in [0.5, 0.6) is 0 Å². The Morgan fingerprint density at radius 2 is 1.61 bits per heavy atom. The third-order valence-electron chi connectivity index (χ3n) is 5.14. The molecule has 142 valence electrons. The zero-order chi connectivity index (χ0) is 19.7. The van der Waals surface area contributed by atoms with Crippen molar-refractivity contribution in [1.29, 1.82) is 0 Å². The van der Waals surface area contributed by atoms with E-state index >= 15 is 0 Å². The molecule has 5 heteroatoms. The highest BCUT2D eigenvalue weighted by molar-refractivity contribution is 6.39. The summed E-state index contributed by atoms with van der Waals surface area (Å²) < 4.78 is 5.85. The molecule has 0 spiro atoms. The molecule has 1 atom stereocenters. The fraction of sp³-hybridized carbons (Fsp3) is 0.174. The van der Waals surface area contributed by atoms with E-state index < -0.39 is 5.60 Å². The van der Waals surface area contributed by atoms with Crippen LogP contribution in [0.4, 0.5) is 10.5 Å². The van der Waals surface area contributed by atoms with Gasteiger partial charge in [0.2, 0.25) is 0 Å². The van der Waals surface area contributed by atoms with Crippen molar-refractivity contribution in [2.45, 2.75) is 18.9 Å². The number of benzene rings is 3. The number of hydrogen-bond acceptors (Lipinski definition) is 2. The summed E-state index contributed by atoms with van der Waals surface area (Å²) in [6.45, 7) is 2.52. The highest BCUT2D eigenvalue weighted by Gasteiger charge is 2.38. The van der Waals surface area contributed by atoms with Crippen LogP contribution in [0.2, 0.25) is 10.0 Å². The lowest BCUT2D eigenvalue weighted by molar-refractivity contribution is 0.00583. The van der Waals surface area contributed by atoms with E-state index in [2.05, 4.69) is 0 Å². The van der Waals surface area contributed by atoms with E-state index in [-0.39, 0.29) is 6.09 Å². The van der Waals surface area contributed by atoms with E-state index in [1.54, 1.807) is 17.0 Å². The van der Waals surface area contributed by atoms with Gasteiger partial charge in [-0.3, -0.25) is 4.90 Å². The van der Waals surface area contributed by atoms with Crippen molar-refractivity contribution in [3.8, 4) is 11.1 Å². The maximum absolute atomic E-state index is 12.8. The van der Waals surface area contributed by atoms with Gasteiger partial charge >= 0.3 is 6.09 Å². The van der Waals surface area contributed by atoms with E-state index in [1.807, 2.05) is 67.6 Å². The van der Waals surface area contributed by atoms with E-state index in [0.717, 1.165) is 22.4 Å². The van der Waals surface area contributed by atoms with Crippen molar-refractivity contribution < 1.29 is 9.53 Å². The molecule has 3 aromatic carbocycles.